The first-order valence-electron chi connectivity index (χ1n) is 28.3. The molecule has 4 aromatic heterocycles. The molecule has 11 aromatic carbocycles. The van der Waals surface area contributed by atoms with Gasteiger partial charge in [0.2, 0.25) is 0 Å². The predicted molar refractivity (Wildman–Crippen MR) is 341 cm³/mol. The van der Waals surface area contributed by atoms with Crippen molar-refractivity contribution in [1.82, 2.24) is 39.0 Å². The van der Waals surface area contributed by atoms with Crippen LogP contribution in [0.25, 0.3) is 150 Å². The number of hydrogen-bond donors (Lipinski definition) is 0. The highest BCUT2D eigenvalue weighted by atomic mass is 19.4. The van der Waals surface area contributed by atoms with Crippen molar-refractivity contribution >= 4 is 49.3 Å². The van der Waals surface area contributed by atoms with Crippen LogP contribution in [-0.2, 0) is 6.18 Å². The van der Waals surface area contributed by atoms with Gasteiger partial charge in [-0.2, -0.15) is 18.4 Å². The lowest BCUT2D eigenvalue weighted by atomic mass is 9.94. The van der Waals surface area contributed by atoms with Crippen LogP contribution in [0.4, 0.5) is 18.9 Å². The third kappa shape index (κ3) is 9.33. The van der Waals surface area contributed by atoms with Gasteiger partial charge in [0, 0.05) is 71.6 Å². The molecule has 0 saturated carbocycles. The molecule has 13 heteroatoms. The number of hydrogen-bond acceptors (Lipinski definition) is 7. The van der Waals surface area contributed by atoms with Crippen LogP contribution in [0, 0.1) is 17.9 Å². The third-order valence-electron chi connectivity index (χ3n) is 15.9. The molecule has 0 aliphatic heterocycles. The second-order valence-corrected chi connectivity index (χ2v) is 21.2. The zero-order valence-electron chi connectivity index (χ0n) is 46.4. The van der Waals surface area contributed by atoms with Gasteiger partial charge < -0.3 is 9.13 Å². The molecule has 0 aliphatic carbocycles. The molecule has 0 radical (unpaired) electrons. The van der Waals surface area contributed by atoms with Gasteiger partial charge in [0.25, 0.3) is 0 Å². The Kier molecular flexibility index (Phi) is 12.8. The minimum absolute atomic E-state index is 0.143. The summed E-state index contributed by atoms with van der Waals surface area (Å²) in [4.78, 5) is 33.8. The van der Waals surface area contributed by atoms with Crippen LogP contribution in [0.1, 0.15) is 11.1 Å². The summed E-state index contributed by atoms with van der Waals surface area (Å²) in [5.74, 6) is 3.10. The van der Waals surface area contributed by atoms with E-state index < -0.39 is 11.7 Å². The smallest absolute Gasteiger partial charge is 0.309 e. The van der Waals surface area contributed by atoms with Crippen LogP contribution in [-0.4, -0.2) is 39.0 Å². The normalized spacial score (nSPS) is 11.6. The van der Waals surface area contributed by atoms with Gasteiger partial charge in [-0.15, -0.1) is 0 Å². The molecule has 15 aromatic rings. The average Bonchev–Trinajstić information content (AvgIpc) is 1.87. The van der Waals surface area contributed by atoms with Crippen molar-refractivity contribution in [3.05, 3.63) is 283 Å². The minimum atomic E-state index is -4.66. The number of alkyl halides is 3. The number of nitrogens with zero attached hydrogens (tertiary/aromatic N) is 10. The molecule has 0 N–H and O–H groups in total. The predicted octanol–water partition coefficient (Wildman–Crippen LogP) is 19.0. The zero-order chi connectivity index (χ0) is 59.5. The first-order chi connectivity index (χ1) is 43.1. The Morgan fingerprint density at radius 2 is 0.705 bits per heavy atom. The molecule has 0 saturated heterocycles. The van der Waals surface area contributed by atoms with E-state index in [4.69, 9.17) is 36.5 Å². The molecule has 10 nitrogen and oxygen atoms in total. The maximum Gasteiger partial charge on any atom is 0.415 e. The third-order valence-corrected chi connectivity index (χ3v) is 15.9. The number of halogens is 3. The van der Waals surface area contributed by atoms with Crippen molar-refractivity contribution in [2.75, 3.05) is 0 Å². The van der Waals surface area contributed by atoms with Crippen molar-refractivity contribution in [2.24, 2.45) is 0 Å². The van der Waals surface area contributed by atoms with Gasteiger partial charge in [-0.05, 0) is 83.9 Å². The number of rotatable bonds is 10. The molecule has 0 atom stereocenters. The maximum atomic E-state index is 14.3. The summed E-state index contributed by atoms with van der Waals surface area (Å²) in [7, 11) is 0. The Morgan fingerprint density at radius 1 is 0.341 bits per heavy atom. The average molecular weight is 1140 g/mol. The highest BCUT2D eigenvalue weighted by molar-refractivity contribution is 6.13. The Labute approximate surface area is 501 Å². The second kappa shape index (κ2) is 21.5. The Morgan fingerprint density at radius 3 is 1.12 bits per heavy atom. The summed E-state index contributed by atoms with van der Waals surface area (Å²) in [6, 6.07) is 84.9. The van der Waals surface area contributed by atoms with Gasteiger partial charge in [-0.25, -0.2) is 34.7 Å². The van der Waals surface area contributed by atoms with Gasteiger partial charge >= 0.3 is 6.18 Å². The Hall–Kier alpha value is -12.2. The van der Waals surface area contributed by atoms with E-state index in [-0.39, 0.29) is 5.69 Å². The van der Waals surface area contributed by atoms with Crippen molar-refractivity contribution in [2.45, 2.75) is 6.18 Å². The number of nitriles is 1. The molecule has 15 rings (SSSR count). The van der Waals surface area contributed by atoms with E-state index in [2.05, 4.69) is 56.4 Å². The number of aromatic nitrogens is 8. The minimum Gasteiger partial charge on any atom is -0.309 e. The lowest BCUT2D eigenvalue weighted by Crippen LogP contribution is -2.04. The molecule has 0 aliphatic rings. The summed E-state index contributed by atoms with van der Waals surface area (Å²) in [6.45, 7) is 8.17. The van der Waals surface area contributed by atoms with Crippen LogP contribution >= 0.6 is 0 Å². The van der Waals surface area contributed by atoms with Gasteiger partial charge in [0.15, 0.2) is 40.6 Å². The summed E-state index contributed by atoms with van der Waals surface area (Å²) in [5.41, 5.74) is 11.3. The van der Waals surface area contributed by atoms with E-state index in [1.54, 1.807) is 6.07 Å². The highest BCUT2D eigenvalue weighted by Crippen LogP contribution is 2.46. The molecular formula is C75H43F3N10. The van der Waals surface area contributed by atoms with Crippen molar-refractivity contribution in [3.63, 3.8) is 0 Å². The van der Waals surface area contributed by atoms with E-state index in [1.807, 2.05) is 200 Å². The highest BCUT2D eigenvalue weighted by Gasteiger charge is 2.31. The van der Waals surface area contributed by atoms with Gasteiger partial charge in [-0.3, -0.25) is 0 Å². The molecule has 0 unspecified atom stereocenters. The molecule has 88 heavy (non-hydrogen) atoms. The van der Waals surface area contributed by atoms with Crippen molar-refractivity contribution in [3.8, 4) is 108 Å². The van der Waals surface area contributed by atoms with Crippen LogP contribution in [0.3, 0.4) is 0 Å². The van der Waals surface area contributed by atoms with E-state index >= 15 is 0 Å². The monoisotopic (exact) mass is 1140 g/mol. The number of fused-ring (bicyclic) bond motifs is 6. The fraction of sp³-hybridized carbons (Fsp3) is 0.0133. The molecular weight excluding hydrogens is 1100 g/mol. The Bertz CT molecular complexity index is 5220. The maximum absolute atomic E-state index is 14.3. The molecule has 0 fully saturated rings. The summed E-state index contributed by atoms with van der Waals surface area (Å²) < 4.78 is 47.1. The number of benzene rings is 11. The molecule has 414 valence electrons. The first kappa shape index (κ1) is 52.6. The van der Waals surface area contributed by atoms with E-state index in [0.29, 0.717) is 63.0 Å². The summed E-state index contributed by atoms with van der Waals surface area (Å²) in [5, 5.41) is 14.4. The molecule has 0 bridgehead atoms. The topological polar surface area (TPSA) is 115 Å². The van der Waals surface area contributed by atoms with E-state index in [1.165, 1.54) is 6.07 Å². The quantitative estimate of drug-likeness (QED) is 0.125. The largest absolute Gasteiger partial charge is 0.415 e. The van der Waals surface area contributed by atoms with Crippen molar-refractivity contribution in [1.29, 1.82) is 5.26 Å². The van der Waals surface area contributed by atoms with Crippen LogP contribution < -0.4 is 0 Å². The van der Waals surface area contributed by atoms with E-state index in [9.17, 15) is 18.4 Å². The zero-order valence-corrected chi connectivity index (χ0v) is 46.4. The van der Waals surface area contributed by atoms with E-state index in [0.717, 1.165) is 100 Å². The fourth-order valence-corrected chi connectivity index (χ4v) is 11.8. The standard InChI is InChI=1S/C75H43F3N10/c1-80-62-44-54(75(76,77)78)34-37-55(62)51-31-36-59(68(43-51)88-64-29-17-15-27-57(64)61-42-53(33-39-66(61)88)74-85-71(49-22-10-4-11-23-49)82-72(86-74)50-24-12-5-13-25-50)58-35-30-46(45-79)40-67(58)87-63-28-16-14-26-56(63)60-41-52(32-38-65(60)87)73-83-69(47-18-6-2-7-19-47)81-70(84-73)48-20-8-3-9-21-48/h2-44H. The fourth-order valence-electron chi connectivity index (χ4n) is 11.8. The molecule has 4 heterocycles. The second-order valence-electron chi connectivity index (χ2n) is 21.2. The molecule has 0 amide bonds. The summed E-state index contributed by atoms with van der Waals surface area (Å²) in [6.07, 6.45) is -4.66. The lowest BCUT2D eigenvalue weighted by molar-refractivity contribution is -0.137. The molecule has 0 spiro atoms. The lowest BCUT2D eigenvalue weighted by Gasteiger charge is -2.20. The first-order valence-corrected chi connectivity index (χ1v) is 28.3. The van der Waals surface area contributed by atoms with Gasteiger partial charge in [-0.1, -0.05) is 188 Å². The van der Waals surface area contributed by atoms with Crippen LogP contribution in [0.15, 0.2) is 261 Å². The van der Waals surface area contributed by atoms with Crippen LogP contribution in [0.5, 0.6) is 0 Å². The summed E-state index contributed by atoms with van der Waals surface area (Å²) >= 11 is 0. The van der Waals surface area contributed by atoms with Gasteiger partial charge in [0.1, 0.15) is 0 Å². The SMILES string of the molecule is [C-]#[N+]c1cc(C(F)(F)F)ccc1-c1ccc(-c2ccc(C#N)cc2-n2c3ccccc3c3cc(-c4nc(-c5ccccc5)nc(-c5ccccc5)n4)ccc32)c(-n2c3ccccc3c3cc(-c4nc(-c5ccccc5)nc(-c5ccccc5)n4)ccc32)c1. The number of para-hydroxylation sites is 2. The van der Waals surface area contributed by atoms with Crippen LogP contribution in [0.2, 0.25) is 0 Å². The van der Waals surface area contributed by atoms with Crippen molar-refractivity contribution < 1.29 is 13.2 Å². The Balaban J connectivity index is 0.955. The van der Waals surface area contributed by atoms with Gasteiger partial charge in [0.05, 0.1) is 51.6 Å².